The quantitative estimate of drug-likeness (QED) is 0.841. The molecule has 0 fully saturated rings. The Morgan fingerprint density at radius 3 is 2.94 bits per heavy atom. The van der Waals surface area contributed by atoms with Crippen molar-refractivity contribution in [3.8, 4) is 0 Å². The second-order valence-corrected chi connectivity index (χ2v) is 4.38. The Balaban J connectivity index is 2.28. The summed E-state index contributed by atoms with van der Waals surface area (Å²) < 4.78 is 13.6. The number of benzene rings is 1. The number of carbonyl (C=O) groups is 1. The molecule has 0 bridgehead atoms. The van der Waals surface area contributed by atoms with E-state index < -0.39 is 0 Å². The number of carbonyl (C=O) groups excluding carboxylic acids is 1. The second kappa shape index (κ2) is 4.57. The smallest absolute Gasteiger partial charge is 0.224 e. The number of fused-ring (bicyclic) bond motifs is 1. The zero-order valence-corrected chi connectivity index (χ0v) is 9.88. The number of hydrogen-bond donors (Lipinski definition) is 2. The first-order valence-corrected chi connectivity index (χ1v) is 5.61. The van der Waals surface area contributed by atoms with Gasteiger partial charge < -0.3 is 10.3 Å². The lowest BCUT2D eigenvalue weighted by atomic mass is 10.1. The molecule has 17 heavy (non-hydrogen) atoms. The molecule has 0 aliphatic rings. The summed E-state index contributed by atoms with van der Waals surface area (Å²) in [4.78, 5) is 14.6. The number of amides is 1. The Labute approximate surface area is 99.0 Å². The Morgan fingerprint density at radius 1 is 1.47 bits per heavy atom. The van der Waals surface area contributed by atoms with E-state index in [9.17, 15) is 9.18 Å². The highest BCUT2D eigenvalue weighted by Gasteiger charge is 2.12. The summed E-state index contributed by atoms with van der Waals surface area (Å²) in [5, 5.41) is 3.30. The van der Waals surface area contributed by atoms with E-state index in [-0.39, 0.29) is 24.2 Å². The van der Waals surface area contributed by atoms with Crippen LogP contribution in [-0.4, -0.2) is 16.9 Å². The topological polar surface area (TPSA) is 44.9 Å². The van der Waals surface area contributed by atoms with Crippen molar-refractivity contribution < 1.29 is 9.18 Å². The van der Waals surface area contributed by atoms with E-state index in [4.69, 9.17) is 0 Å². The van der Waals surface area contributed by atoms with Gasteiger partial charge in [-0.3, -0.25) is 4.79 Å². The van der Waals surface area contributed by atoms with Gasteiger partial charge in [0.05, 0.1) is 6.42 Å². The maximum Gasteiger partial charge on any atom is 0.224 e. The average Bonchev–Trinajstić information content (AvgIpc) is 2.61. The van der Waals surface area contributed by atoms with Crippen LogP contribution in [0, 0.1) is 5.82 Å². The van der Waals surface area contributed by atoms with Gasteiger partial charge in [-0.1, -0.05) is 6.07 Å². The lowest BCUT2D eigenvalue weighted by Crippen LogP contribution is -2.31. The van der Waals surface area contributed by atoms with Crippen molar-refractivity contribution >= 4 is 16.8 Å². The molecule has 3 nitrogen and oxygen atoms in total. The molecule has 1 heterocycles. The first kappa shape index (κ1) is 11.6. The van der Waals surface area contributed by atoms with Gasteiger partial charge in [0.15, 0.2) is 0 Å². The molecular formula is C13H15FN2O. The predicted octanol–water partition coefficient (Wildman–Crippen LogP) is 2.37. The van der Waals surface area contributed by atoms with Crippen LogP contribution in [0.15, 0.2) is 24.4 Å². The molecule has 0 unspecified atom stereocenters. The molecular weight excluding hydrogens is 219 g/mol. The summed E-state index contributed by atoms with van der Waals surface area (Å²) in [5.41, 5.74) is 1.41. The van der Waals surface area contributed by atoms with Gasteiger partial charge >= 0.3 is 0 Å². The third-order valence-electron chi connectivity index (χ3n) is 2.54. The molecule has 0 spiro atoms. The highest BCUT2D eigenvalue weighted by molar-refractivity contribution is 5.89. The van der Waals surface area contributed by atoms with Crippen LogP contribution in [-0.2, 0) is 11.2 Å². The minimum Gasteiger partial charge on any atom is -0.361 e. The number of aromatic nitrogens is 1. The zero-order valence-electron chi connectivity index (χ0n) is 9.88. The van der Waals surface area contributed by atoms with Gasteiger partial charge in [0.2, 0.25) is 5.91 Å². The number of nitrogens with one attached hydrogen (secondary N) is 2. The molecule has 1 amide bonds. The highest BCUT2D eigenvalue weighted by atomic mass is 19.1. The maximum atomic E-state index is 13.6. The predicted molar refractivity (Wildman–Crippen MR) is 65.2 cm³/mol. The van der Waals surface area contributed by atoms with Gasteiger partial charge in [-0.05, 0) is 31.5 Å². The Kier molecular flexibility index (Phi) is 3.13. The fourth-order valence-corrected chi connectivity index (χ4v) is 1.89. The lowest BCUT2D eigenvalue weighted by Gasteiger charge is -2.07. The first-order chi connectivity index (χ1) is 8.08. The minimum atomic E-state index is -0.295. The average molecular weight is 234 g/mol. The van der Waals surface area contributed by atoms with Crippen LogP contribution in [0.4, 0.5) is 4.39 Å². The van der Waals surface area contributed by atoms with Crippen molar-refractivity contribution in [2.45, 2.75) is 26.3 Å². The Morgan fingerprint density at radius 2 is 2.24 bits per heavy atom. The maximum absolute atomic E-state index is 13.6. The molecule has 0 radical (unpaired) electrons. The normalized spacial score (nSPS) is 11.1. The monoisotopic (exact) mass is 234 g/mol. The van der Waals surface area contributed by atoms with Crippen molar-refractivity contribution in [1.82, 2.24) is 10.3 Å². The zero-order chi connectivity index (χ0) is 12.4. The van der Waals surface area contributed by atoms with Gasteiger partial charge in [-0.2, -0.15) is 0 Å². The molecule has 2 aromatic rings. The van der Waals surface area contributed by atoms with Crippen LogP contribution in [0.3, 0.4) is 0 Å². The lowest BCUT2D eigenvalue weighted by molar-refractivity contribution is -0.120. The molecule has 1 aromatic carbocycles. The summed E-state index contributed by atoms with van der Waals surface area (Å²) in [7, 11) is 0. The molecule has 0 saturated heterocycles. The molecule has 2 N–H and O–H groups in total. The number of hydrogen-bond acceptors (Lipinski definition) is 1. The van der Waals surface area contributed by atoms with Crippen LogP contribution in [0.5, 0.6) is 0 Å². The first-order valence-electron chi connectivity index (χ1n) is 5.61. The van der Waals surface area contributed by atoms with E-state index in [1.54, 1.807) is 18.3 Å². The van der Waals surface area contributed by atoms with Crippen LogP contribution in [0.25, 0.3) is 10.9 Å². The number of rotatable bonds is 3. The number of H-pyrrole nitrogens is 1. The third-order valence-corrected chi connectivity index (χ3v) is 2.54. The summed E-state index contributed by atoms with van der Waals surface area (Å²) in [6.07, 6.45) is 1.88. The number of halogens is 1. The van der Waals surface area contributed by atoms with E-state index >= 15 is 0 Å². The van der Waals surface area contributed by atoms with Crippen molar-refractivity contribution in [3.63, 3.8) is 0 Å². The molecule has 90 valence electrons. The van der Waals surface area contributed by atoms with Crippen molar-refractivity contribution in [3.05, 3.63) is 35.8 Å². The Bertz CT molecular complexity index is 545. The molecule has 1 aromatic heterocycles. The van der Waals surface area contributed by atoms with E-state index in [0.29, 0.717) is 10.9 Å². The fraction of sp³-hybridized carbons (Fsp3) is 0.308. The molecule has 0 saturated carbocycles. The standard InChI is InChI=1S/C13H15FN2O/c1-8(2)16-12(17)6-9-7-15-11-5-3-4-10(14)13(9)11/h3-5,7-8,15H,6H2,1-2H3,(H,16,17). The van der Waals surface area contributed by atoms with E-state index in [0.717, 1.165) is 5.52 Å². The summed E-state index contributed by atoms with van der Waals surface area (Å²) in [5.74, 6) is -0.389. The van der Waals surface area contributed by atoms with E-state index in [2.05, 4.69) is 10.3 Å². The van der Waals surface area contributed by atoms with E-state index in [1.807, 2.05) is 13.8 Å². The van der Waals surface area contributed by atoms with Gasteiger partial charge in [-0.25, -0.2) is 4.39 Å². The highest BCUT2D eigenvalue weighted by Crippen LogP contribution is 2.21. The van der Waals surface area contributed by atoms with Gasteiger partial charge in [0.25, 0.3) is 0 Å². The molecule has 0 aliphatic carbocycles. The summed E-state index contributed by atoms with van der Waals surface area (Å²) in [6.45, 7) is 3.79. The van der Waals surface area contributed by atoms with Gasteiger partial charge in [-0.15, -0.1) is 0 Å². The van der Waals surface area contributed by atoms with Crippen molar-refractivity contribution in [1.29, 1.82) is 0 Å². The van der Waals surface area contributed by atoms with Crippen LogP contribution in [0.1, 0.15) is 19.4 Å². The third kappa shape index (κ3) is 2.46. The molecule has 2 rings (SSSR count). The summed E-state index contributed by atoms with van der Waals surface area (Å²) in [6, 6.07) is 4.94. The van der Waals surface area contributed by atoms with Crippen molar-refractivity contribution in [2.75, 3.05) is 0 Å². The molecule has 0 aliphatic heterocycles. The van der Waals surface area contributed by atoms with Crippen LogP contribution < -0.4 is 5.32 Å². The minimum absolute atomic E-state index is 0.0934. The second-order valence-electron chi connectivity index (χ2n) is 4.38. The Hall–Kier alpha value is -1.84. The molecule has 0 atom stereocenters. The molecule has 4 heteroatoms. The summed E-state index contributed by atoms with van der Waals surface area (Å²) >= 11 is 0. The van der Waals surface area contributed by atoms with Gasteiger partial charge in [0, 0.05) is 23.1 Å². The van der Waals surface area contributed by atoms with Crippen LogP contribution in [0.2, 0.25) is 0 Å². The number of aromatic amines is 1. The van der Waals surface area contributed by atoms with Crippen molar-refractivity contribution in [2.24, 2.45) is 0 Å². The SMILES string of the molecule is CC(C)NC(=O)Cc1c[nH]c2cccc(F)c12. The fourth-order valence-electron chi connectivity index (χ4n) is 1.89. The van der Waals surface area contributed by atoms with E-state index in [1.165, 1.54) is 6.07 Å². The van der Waals surface area contributed by atoms with Crippen LogP contribution >= 0.6 is 0 Å². The van der Waals surface area contributed by atoms with Gasteiger partial charge in [0.1, 0.15) is 5.82 Å². The largest absolute Gasteiger partial charge is 0.361 e.